The number of carboxylic acids is 1. The largest absolute Gasteiger partial charge is 0.481 e. The maximum absolute atomic E-state index is 10.9. The molecule has 0 unspecified atom stereocenters. The van der Waals surface area contributed by atoms with E-state index in [9.17, 15) is 9.59 Å². The average Bonchev–Trinajstić information content (AvgIpc) is 2.16. The Balaban J connectivity index is 0. The van der Waals surface area contributed by atoms with Crippen molar-refractivity contribution in [3.8, 4) is 0 Å². The maximum Gasteiger partial charge on any atom is 0.305 e. The van der Waals surface area contributed by atoms with Gasteiger partial charge in [0.1, 0.15) is 0 Å². The lowest BCUT2D eigenvalue weighted by Crippen LogP contribution is -2.03. The van der Waals surface area contributed by atoms with Gasteiger partial charge in [0.05, 0.1) is 6.61 Å². The van der Waals surface area contributed by atoms with Crippen LogP contribution in [-0.2, 0) is 14.3 Å². The summed E-state index contributed by atoms with van der Waals surface area (Å²) in [5.41, 5.74) is 0. The first-order chi connectivity index (χ1) is 7.16. The summed E-state index contributed by atoms with van der Waals surface area (Å²) in [4.78, 5) is 21.1. The molecule has 0 aromatic heterocycles. The van der Waals surface area contributed by atoms with E-state index >= 15 is 0 Å². The van der Waals surface area contributed by atoms with Crippen LogP contribution in [0.5, 0.6) is 0 Å². The Morgan fingerprint density at radius 2 is 1.50 bits per heavy atom. The standard InChI is InChI=1S/C11H20O4.H3N/c1-2-15-11(14)9-7-5-3-4-6-8-10(12)13;/h2-9H2,1H3,(H,12,13);1H3. The number of unbranched alkanes of at least 4 members (excludes halogenated alkanes) is 4. The van der Waals surface area contributed by atoms with Crippen molar-refractivity contribution < 1.29 is 19.4 Å². The third kappa shape index (κ3) is 12.9. The summed E-state index contributed by atoms with van der Waals surface area (Å²) in [6, 6.07) is 0. The topological polar surface area (TPSA) is 98.6 Å². The van der Waals surface area contributed by atoms with Gasteiger partial charge in [-0.15, -0.1) is 0 Å². The minimum absolute atomic E-state index is 0. The normalized spacial score (nSPS) is 9.31. The van der Waals surface area contributed by atoms with Crippen LogP contribution in [0, 0.1) is 0 Å². The van der Waals surface area contributed by atoms with Crippen LogP contribution < -0.4 is 6.15 Å². The van der Waals surface area contributed by atoms with E-state index in [4.69, 9.17) is 9.84 Å². The van der Waals surface area contributed by atoms with Gasteiger partial charge in [-0.2, -0.15) is 0 Å². The Labute approximate surface area is 96.8 Å². The number of hydrogen-bond acceptors (Lipinski definition) is 4. The predicted octanol–water partition coefficient (Wildman–Crippen LogP) is 2.53. The molecular weight excluding hydrogens is 210 g/mol. The molecule has 96 valence electrons. The molecular formula is C11H23NO4. The quantitative estimate of drug-likeness (QED) is 0.471. The molecule has 0 atom stereocenters. The monoisotopic (exact) mass is 233 g/mol. The zero-order valence-electron chi connectivity index (χ0n) is 10.0. The smallest absolute Gasteiger partial charge is 0.305 e. The van der Waals surface area contributed by atoms with Gasteiger partial charge in [-0.1, -0.05) is 19.3 Å². The van der Waals surface area contributed by atoms with E-state index in [2.05, 4.69) is 0 Å². The van der Waals surface area contributed by atoms with Crippen LogP contribution in [0.4, 0.5) is 0 Å². The van der Waals surface area contributed by atoms with Gasteiger partial charge >= 0.3 is 11.9 Å². The van der Waals surface area contributed by atoms with Gasteiger partial charge in [-0.25, -0.2) is 0 Å². The first-order valence-electron chi connectivity index (χ1n) is 5.54. The van der Waals surface area contributed by atoms with Gasteiger partial charge in [-0.3, -0.25) is 9.59 Å². The zero-order valence-corrected chi connectivity index (χ0v) is 10.0. The number of hydrogen-bond donors (Lipinski definition) is 2. The highest BCUT2D eigenvalue weighted by Crippen LogP contribution is 2.07. The second-order valence-corrected chi connectivity index (χ2v) is 3.47. The molecule has 0 saturated heterocycles. The molecule has 0 radical (unpaired) electrons. The molecule has 0 amide bonds. The van der Waals surface area contributed by atoms with Crippen LogP contribution in [-0.4, -0.2) is 23.7 Å². The Hall–Kier alpha value is -1.10. The summed E-state index contributed by atoms with van der Waals surface area (Å²) in [5, 5.41) is 8.39. The zero-order chi connectivity index (χ0) is 11.5. The molecule has 0 aromatic rings. The minimum atomic E-state index is -0.735. The van der Waals surface area contributed by atoms with Crippen molar-refractivity contribution >= 4 is 11.9 Å². The van der Waals surface area contributed by atoms with Crippen LogP contribution in [0.3, 0.4) is 0 Å². The summed E-state index contributed by atoms with van der Waals surface area (Å²) in [7, 11) is 0. The Kier molecular flexibility index (Phi) is 12.9. The van der Waals surface area contributed by atoms with E-state index in [0.717, 1.165) is 32.1 Å². The average molecular weight is 233 g/mol. The summed E-state index contributed by atoms with van der Waals surface area (Å²) in [6.07, 6.45) is 5.19. The molecule has 0 aliphatic rings. The van der Waals surface area contributed by atoms with Crippen LogP contribution in [0.1, 0.15) is 51.9 Å². The maximum atomic E-state index is 10.9. The molecule has 0 heterocycles. The molecule has 16 heavy (non-hydrogen) atoms. The number of carboxylic acid groups (broad SMARTS) is 1. The van der Waals surface area contributed by atoms with Gasteiger partial charge < -0.3 is 16.0 Å². The minimum Gasteiger partial charge on any atom is -0.481 e. The molecule has 0 aliphatic carbocycles. The van der Waals surface area contributed by atoms with Crippen molar-refractivity contribution in [2.75, 3.05) is 6.61 Å². The summed E-state index contributed by atoms with van der Waals surface area (Å²) in [6.45, 7) is 2.24. The summed E-state index contributed by atoms with van der Waals surface area (Å²) in [5.74, 6) is -0.871. The van der Waals surface area contributed by atoms with Gasteiger partial charge in [0.15, 0.2) is 0 Å². The Morgan fingerprint density at radius 1 is 1.00 bits per heavy atom. The highest BCUT2D eigenvalue weighted by Gasteiger charge is 2.01. The molecule has 0 bridgehead atoms. The van der Waals surface area contributed by atoms with E-state index in [-0.39, 0.29) is 18.5 Å². The van der Waals surface area contributed by atoms with Crippen molar-refractivity contribution in [3.63, 3.8) is 0 Å². The van der Waals surface area contributed by atoms with Crippen LogP contribution >= 0.6 is 0 Å². The highest BCUT2D eigenvalue weighted by atomic mass is 16.5. The first kappa shape index (κ1) is 17.3. The van der Waals surface area contributed by atoms with Gasteiger partial charge in [-0.05, 0) is 19.8 Å². The predicted molar refractivity (Wildman–Crippen MR) is 61.6 cm³/mol. The number of rotatable bonds is 9. The Bertz CT molecular complexity index is 194. The van der Waals surface area contributed by atoms with Crippen molar-refractivity contribution in [2.24, 2.45) is 0 Å². The fourth-order valence-electron chi connectivity index (χ4n) is 1.31. The highest BCUT2D eigenvalue weighted by molar-refractivity contribution is 5.69. The fourth-order valence-corrected chi connectivity index (χ4v) is 1.31. The fraction of sp³-hybridized carbons (Fsp3) is 0.818. The van der Waals surface area contributed by atoms with Crippen molar-refractivity contribution in [1.29, 1.82) is 0 Å². The lowest BCUT2D eigenvalue weighted by atomic mass is 10.1. The number of carbonyl (C=O) groups excluding carboxylic acids is 1. The van der Waals surface area contributed by atoms with Crippen molar-refractivity contribution in [3.05, 3.63) is 0 Å². The van der Waals surface area contributed by atoms with Gasteiger partial charge in [0, 0.05) is 12.8 Å². The molecule has 0 saturated carbocycles. The van der Waals surface area contributed by atoms with E-state index in [1.807, 2.05) is 0 Å². The van der Waals surface area contributed by atoms with Gasteiger partial charge in [0.25, 0.3) is 0 Å². The van der Waals surface area contributed by atoms with Gasteiger partial charge in [0.2, 0.25) is 0 Å². The number of ether oxygens (including phenoxy) is 1. The summed E-state index contributed by atoms with van der Waals surface area (Å²) >= 11 is 0. The van der Waals surface area contributed by atoms with E-state index in [0.29, 0.717) is 13.0 Å². The van der Waals surface area contributed by atoms with E-state index in [1.165, 1.54) is 0 Å². The molecule has 0 aromatic carbocycles. The van der Waals surface area contributed by atoms with Crippen LogP contribution in [0.25, 0.3) is 0 Å². The lowest BCUT2D eigenvalue weighted by Gasteiger charge is -2.01. The SMILES string of the molecule is CCOC(=O)CCCCCCCC(=O)O.N. The van der Waals surface area contributed by atoms with Crippen molar-refractivity contribution in [1.82, 2.24) is 6.15 Å². The number of carbonyl (C=O) groups is 2. The molecule has 0 aliphatic heterocycles. The third-order valence-corrected chi connectivity index (χ3v) is 2.08. The molecule has 0 fully saturated rings. The second-order valence-electron chi connectivity index (χ2n) is 3.47. The summed E-state index contributed by atoms with van der Waals surface area (Å²) < 4.78 is 4.78. The molecule has 5 heteroatoms. The molecule has 0 rings (SSSR count). The van der Waals surface area contributed by atoms with Crippen molar-refractivity contribution in [2.45, 2.75) is 51.9 Å². The van der Waals surface area contributed by atoms with E-state index in [1.54, 1.807) is 6.92 Å². The van der Waals surface area contributed by atoms with Crippen LogP contribution in [0.15, 0.2) is 0 Å². The Morgan fingerprint density at radius 3 is 2.00 bits per heavy atom. The third-order valence-electron chi connectivity index (χ3n) is 2.08. The van der Waals surface area contributed by atoms with E-state index < -0.39 is 5.97 Å². The first-order valence-corrected chi connectivity index (χ1v) is 5.54. The lowest BCUT2D eigenvalue weighted by molar-refractivity contribution is -0.143. The molecule has 5 nitrogen and oxygen atoms in total. The second kappa shape index (κ2) is 12.0. The number of esters is 1. The molecule has 0 spiro atoms. The van der Waals surface area contributed by atoms with Crippen LogP contribution in [0.2, 0.25) is 0 Å². The molecule has 4 N–H and O–H groups in total. The number of aliphatic carboxylic acids is 1.